The van der Waals surface area contributed by atoms with Crippen molar-refractivity contribution in [3.8, 4) is 0 Å². The number of hydrogen-bond donors (Lipinski definition) is 3. The molecule has 2 unspecified atom stereocenters. The summed E-state index contributed by atoms with van der Waals surface area (Å²) < 4.78 is 0. The number of allylic oxidation sites excluding steroid dienone is 20. The summed E-state index contributed by atoms with van der Waals surface area (Å²) in [6, 6.07) is -0.545. The zero-order valence-corrected chi connectivity index (χ0v) is 43.9. The first-order valence-electron chi connectivity index (χ1n) is 28.2. The van der Waals surface area contributed by atoms with Gasteiger partial charge in [0.15, 0.2) is 0 Å². The molecule has 67 heavy (non-hydrogen) atoms. The Hall–Kier alpha value is -3.21. The highest BCUT2D eigenvalue weighted by atomic mass is 16.3. The van der Waals surface area contributed by atoms with Gasteiger partial charge in [-0.3, -0.25) is 4.79 Å². The van der Waals surface area contributed by atoms with Gasteiger partial charge in [0.05, 0.1) is 18.8 Å². The summed E-state index contributed by atoms with van der Waals surface area (Å²) in [6.07, 6.45) is 87.5. The standard InChI is InChI=1S/C63H107NO3/c1-3-5-7-9-11-13-15-17-19-20-21-22-23-24-25-26-27-28-29-30-31-32-33-34-35-36-37-38-39-40-41-42-43-44-45-47-49-51-53-55-57-59-63(67)64-61(60-65)62(66)58-56-54-52-50-48-46-18-16-14-12-10-8-6-4-2/h5,7,11,13,17,19,21-22,24-25,27-28,30-31,33-34,36-37,39-40,61-62,65-66H,3-4,6,8-10,12,14-16,18,20,23,26,29,32,35,38,41-60H2,1-2H3,(H,64,67)/b7-5-,13-11-,19-17-,22-21-,25-24-,28-27-,31-30-,34-33-,37-36-,40-39-. The molecule has 0 saturated heterocycles. The van der Waals surface area contributed by atoms with Gasteiger partial charge in [0.25, 0.3) is 0 Å². The first-order valence-corrected chi connectivity index (χ1v) is 28.2. The van der Waals surface area contributed by atoms with Gasteiger partial charge in [-0.05, 0) is 89.9 Å². The van der Waals surface area contributed by atoms with Crippen molar-refractivity contribution in [3.05, 3.63) is 122 Å². The molecule has 1 amide bonds. The van der Waals surface area contributed by atoms with Crippen LogP contribution in [0.3, 0.4) is 0 Å². The Labute approximate surface area is 416 Å². The maximum atomic E-state index is 12.5. The van der Waals surface area contributed by atoms with E-state index in [2.05, 4.69) is 141 Å². The van der Waals surface area contributed by atoms with Crippen molar-refractivity contribution < 1.29 is 15.0 Å². The number of aliphatic hydroxyl groups excluding tert-OH is 2. The van der Waals surface area contributed by atoms with Crippen LogP contribution in [0.15, 0.2) is 122 Å². The monoisotopic (exact) mass is 926 g/mol. The van der Waals surface area contributed by atoms with Crippen molar-refractivity contribution >= 4 is 5.91 Å². The van der Waals surface area contributed by atoms with E-state index in [1.54, 1.807) is 0 Å². The molecule has 0 aromatic carbocycles. The average Bonchev–Trinajstić information content (AvgIpc) is 3.33. The third-order valence-corrected chi connectivity index (χ3v) is 12.2. The molecule has 4 heteroatoms. The van der Waals surface area contributed by atoms with Crippen LogP contribution in [0.5, 0.6) is 0 Å². The molecule has 0 aromatic heterocycles. The lowest BCUT2D eigenvalue weighted by atomic mass is 10.0. The third kappa shape index (κ3) is 53.6. The minimum atomic E-state index is -0.667. The van der Waals surface area contributed by atoms with E-state index in [1.165, 1.54) is 135 Å². The number of carbonyl (C=O) groups excluding carboxylic acids is 1. The van der Waals surface area contributed by atoms with Gasteiger partial charge in [-0.15, -0.1) is 0 Å². The second kappa shape index (κ2) is 57.1. The van der Waals surface area contributed by atoms with E-state index in [4.69, 9.17) is 0 Å². The molecule has 382 valence electrons. The van der Waals surface area contributed by atoms with Crippen LogP contribution in [0.2, 0.25) is 0 Å². The first kappa shape index (κ1) is 63.8. The van der Waals surface area contributed by atoms with E-state index in [0.29, 0.717) is 12.8 Å². The van der Waals surface area contributed by atoms with E-state index in [9.17, 15) is 15.0 Å². The smallest absolute Gasteiger partial charge is 0.220 e. The molecule has 0 rings (SSSR count). The molecule has 0 bridgehead atoms. The number of unbranched alkanes of at least 4 members (excludes halogenated alkanes) is 23. The normalized spacial score (nSPS) is 13.8. The van der Waals surface area contributed by atoms with Crippen LogP contribution in [0.1, 0.15) is 251 Å². The van der Waals surface area contributed by atoms with Gasteiger partial charge in [-0.25, -0.2) is 0 Å². The van der Waals surface area contributed by atoms with Gasteiger partial charge in [-0.2, -0.15) is 0 Å². The molecule has 0 aliphatic carbocycles. The summed E-state index contributed by atoms with van der Waals surface area (Å²) in [7, 11) is 0. The van der Waals surface area contributed by atoms with Crippen molar-refractivity contribution in [1.29, 1.82) is 0 Å². The van der Waals surface area contributed by atoms with Crippen LogP contribution >= 0.6 is 0 Å². The molecule has 0 saturated carbocycles. The summed E-state index contributed by atoms with van der Waals surface area (Å²) >= 11 is 0. The third-order valence-electron chi connectivity index (χ3n) is 12.2. The Morgan fingerprint density at radius 1 is 0.373 bits per heavy atom. The summed E-state index contributed by atoms with van der Waals surface area (Å²) in [5.41, 5.74) is 0. The highest BCUT2D eigenvalue weighted by Crippen LogP contribution is 2.16. The molecular weight excluding hydrogens is 819 g/mol. The molecule has 0 fully saturated rings. The SMILES string of the molecule is CC/C=C\C/C=C\C/C=C\C/C=C\C/C=C\C/C=C\C/C=C\C/C=C\C/C=C\C/C=C\CCCCCCCCCCCCC(=O)NC(CO)C(O)CCCCCCCCCCCCCCCC. The maximum absolute atomic E-state index is 12.5. The van der Waals surface area contributed by atoms with Crippen molar-refractivity contribution in [2.75, 3.05) is 6.61 Å². The molecule has 2 atom stereocenters. The van der Waals surface area contributed by atoms with E-state index in [1.807, 2.05) is 0 Å². The number of nitrogens with one attached hydrogen (secondary N) is 1. The predicted octanol–water partition coefficient (Wildman–Crippen LogP) is 18.9. The Kier molecular flexibility index (Phi) is 54.4. The number of amides is 1. The fraction of sp³-hybridized carbons (Fsp3) is 0.667. The van der Waals surface area contributed by atoms with Gasteiger partial charge >= 0.3 is 0 Å². The maximum Gasteiger partial charge on any atom is 0.220 e. The van der Waals surface area contributed by atoms with Crippen LogP contribution in [-0.2, 0) is 4.79 Å². The molecule has 3 N–H and O–H groups in total. The number of hydrogen-bond acceptors (Lipinski definition) is 3. The van der Waals surface area contributed by atoms with Crippen LogP contribution in [0.25, 0.3) is 0 Å². The lowest BCUT2D eigenvalue weighted by Crippen LogP contribution is -2.45. The highest BCUT2D eigenvalue weighted by Gasteiger charge is 2.20. The van der Waals surface area contributed by atoms with Crippen molar-refractivity contribution in [3.63, 3.8) is 0 Å². The minimum Gasteiger partial charge on any atom is -0.394 e. The zero-order chi connectivity index (χ0) is 48.5. The Balaban J connectivity index is 3.58. The Morgan fingerprint density at radius 3 is 0.985 bits per heavy atom. The number of carbonyl (C=O) groups is 1. The largest absolute Gasteiger partial charge is 0.394 e. The molecular formula is C63H107NO3. The lowest BCUT2D eigenvalue weighted by molar-refractivity contribution is -0.123. The molecule has 4 nitrogen and oxygen atoms in total. The van der Waals surface area contributed by atoms with Gasteiger partial charge in [0.2, 0.25) is 5.91 Å². The second-order valence-corrected chi connectivity index (χ2v) is 18.6. The predicted molar refractivity (Wildman–Crippen MR) is 299 cm³/mol. The van der Waals surface area contributed by atoms with Crippen LogP contribution in [0.4, 0.5) is 0 Å². The fourth-order valence-corrected chi connectivity index (χ4v) is 7.98. The molecule has 0 radical (unpaired) electrons. The fourth-order valence-electron chi connectivity index (χ4n) is 7.98. The van der Waals surface area contributed by atoms with Gasteiger partial charge in [-0.1, -0.05) is 277 Å². The van der Waals surface area contributed by atoms with Gasteiger partial charge < -0.3 is 15.5 Å². The quantitative estimate of drug-likeness (QED) is 0.0421. The number of rotatable bonds is 50. The van der Waals surface area contributed by atoms with E-state index in [-0.39, 0.29) is 12.5 Å². The molecule has 0 spiro atoms. The highest BCUT2D eigenvalue weighted by molar-refractivity contribution is 5.76. The van der Waals surface area contributed by atoms with Crippen molar-refractivity contribution in [2.24, 2.45) is 0 Å². The molecule has 0 aliphatic rings. The summed E-state index contributed by atoms with van der Waals surface area (Å²) in [6.45, 7) is 4.24. The van der Waals surface area contributed by atoms with E-state index in [0.717, 1.165) is 89.9 Å². The van der Waals surface area contributed by atoms with Gasteiger partial charge in [0.1, 0.15) is 0 Å². The topological polar surface area (TPSA) is 69.6 Å². The lowest BCUT2D eigenvalue weighted by Gasteiger charge is -2.22. The first-order chi connectivity index (χ1) is 33.2. The molecule has 0 aliphatic heterocycles. The zero-order valence-electron chi connectivity index (χ0n) is 43.9. The summed E-state index contributed by atoms with van der Waals surface area (Å²) in [4.78, 5) is 12.5. The van der Waals surface area contributed by atoms with E-state index < -0.39 is 12.1 Å². The second-order valence-electron chi connectivity index (χ2n) is 18.6. The van der Waals surface area contributed by atoms with Crippen molar-refractivity contribution in [2.45, 2.75) is 264 Å². The van der Waals surface area contributed by atoms with Gasteiger partial charge in [0, 0.05) is 6.42 Å². The minimum absolute atomic E-state index is 0.0402. The summed E-state index contributed by atoms with van der Waals surface area (Å²) in [5, 5.41) is 23.2. The molecule has 0 heterocycles. The van der Waals surface area contributed by atoms with E-state index >= 15 is 0 Å². The van der Waals surface area contributed by atoms with Crippen LogP contribution in [0, 0.1) is 0 Å². The van der Waals surface area contributed by atoms with Crippen LogP contribution < -0.4 is 5.32 Å². The number of aliphatic hydroxyl groups is 2. The summed E-state index contributed by atoms with van der Waals surface area (Å²) in [5.74, 6) is -0.0402. The average molecular weight is 927 g/mol. The van der Waals surface area contributed by atoms with Crippen molar-refractivity contribution in [1.82, 2.24) is 5.32 Å². The molecule has 0 aromatic rings. The Bertz CT molecular complexity index is 1330. The van der Waals surface area contributed by atoms with Crippen LogP contribution in [-0.4, -0.2) is 34.9 Å². The Morgan fingerprint density at radius 2 is 0.657 bits per heavy atom.